The van der Waals surface area contributed by atoms with Gasteiger partial charge in [0.1, 0.15) is 11.4 Å². The van der Waals surface area contributed by atoms with Crippen LogP contribution in [0.3, 0.4) is 0 Å². The second-order valence-corrected chi connectivity index (χ2v) is 5.21. The van der Waals surface area contributed by atoms with Gasteiger partial charge >= 0.3 is 0 Å². The molecule has 0 saturated carbocycles. The molecule has 0 unspecified atom stereocenters. The van der Waals surface area contributed by atoms with E-state index in [9.17, 15) is 4.79 Å². The smallest absolute Gasteiger partial charge is 0.234 e. The first kappa shape index (κ1) is 10.6. The number of rotatable bonds is 2. The topological polar surface area (TPSA) is 47.3 Å². The summed E-state index contributed by atoms with van der Waals surface area (Å²) in [6, 6.07) is 3.72. The standard InChI is InChI=1S/C11H6BrN3OS/c12-7-4-9(17-6-7)10-8(5-16)15-3-1-2-13-11(15)14-10/h1-6H. The van der Waals surface area contributed by atoms with Crippen LogP contribution in [0, 0.1) is 0 Å². The highest BCUT2D eigenvalue weighted by molar-refractivity contribution is 9.10. The molecular weight excluding hydrogens is 302 g/mol. The van der Waals surface area contributed by atoms with E-state index in [-0.39, 0.29) is 0 Å². The van der Waals surface area contributed by atoms with E-state index < -0.39 is 0 Å². The molecule has 6 heteroatoms. The lowest BCUT2D eigenvalue weighted by Gasteiger charge is -1.93. The number of aromatic nitrogens is 3. The zero-order valence-corrected chi connectivity index (χ0v) is 10.9. The van der Waals surface area contributed by atoms with Crippen LogP contribution in [0.4, 0.5) is 0 Å². The number of fused-ring (bicyclic) bond motifs is 1. The van der Waals surface area contributed by atoms with Crippen LogP contribution in [-0.4, -0.2) is 20.7 Å². The molecule has 0 aliphatic carbocycles. The molecule has 0 aromatic carbocycles. The Morgan fingerprint density at radius 3 is 3.06 bits per heavy atom. The van der Waals surface area contributed by atoms with Crippen LogP contribution in [0.25, 0.3) is 16.3 Å². The van der Waals surface area contributed by atoms with Gasteiger partial charge in [-0.3, -0.25) is 9.20 Å². The maximum atomic E-state index is 11.2. The van der Waals surface area contributed by atoms with E-state index in [2.05, 4.69) is 25.9 Å². The Balaban J connectivity index is 2.32. The summed E-state index contributed by atoms with van der Waals surface area (Å²) in [7, 11) is 0. The highest BCUT2D eigenvalue weighted by Crippen LogP contribution is 2.31. The summed E-state index contributed by atoms with van der Waals surface area (Å²) in [6.07, 6.45) is 4.25. The van der Waals surface area contributed by atoms with Crippen molar-refractivity contribution in [1.29, 1.82) is 0 Å². The summed E-state index contributed by atoms with van der Waals surface area (Å²) in [5, 5.41) is 1.96. The van der Waals surface area contributed by atoms with E-state index in [0.717, 1.165) is 15.6 Å². The van der Waals surface area contributed by atoms with Gasteiger partial charge in [-0.15, -0.1) is 11.3 Å². The van der Waals surface area contributed by atoms with Crippen molar-refractivity contribution in [2.45, 2.75) is 0 Å². The quantitative estimate of drug-likeness (QED) is 0.684. The summed E-state index contributed by atoms with van der Waals surface area (Å²) in [5.41, 5.74) is 1.21. The van der Waals surface area contributed by atoms with Crippen LogP contribution in [0.2, 0.25) is 0 Å². The molecule has 3 rings (SSSR count). The first-order valence-corrected chi connectivity index (χ1v) is 6.49. The van der Waals surface area contributed by atoms with Gasteiger partial charge in [0.2, 0.25) is 5.78 Å². The minimum atomic E-state index is 0.530. The maximum absolute atomic E-state index is 11.2. The molecule has 0 aliphatic heterocycles. The van der Waals surface area contributed by atoms with Crippen molar-refractivity contribution in [2.75, 3.05) is 0 Å². The average molecular weight is 308 g/mol. The number of thiophene rings is 1. The van der Waals surface area contributed by atoms with Gasteiger partial charge in [0.15, 0.2) is 6.29 Å². The van der Waals surface area contributed by atoms with Crippen molar-refractivity contribution in [3.8, 4) is 10.6 Å². The van der Waals surface area contributed by atoms with Gasteiger partial charge in [0.05, 0.1) is 4.88 Å². The zero-order valence-electron chi connectivity index (χ0n) is 8.50. The normalized spacial score (nSPS) is 10.9. The Morgan fingerprint density at radius 2 is 2.35 bits per heavy atom. The van der Waals surface area contributed by atoms with Crippen LogP contribution < -0.4 is 0 Å². The lowest BCUT2D eigenvalue weighted by Crippen LogP contribution is -1.92. The molecule has 0 N–H and O–H groups in total. The predicted octanol–water partition coefficient (Wildman–Crippen LogP) is 3.03. The highest BCUT2D eigenvalue weighted by atomic mass is 79.9. The number of halogens is 1. The van der Waals surface area contributed by atoms with Crippen molar-refractivity contribution in [3.63, 3.8) is 0 Å². The minimum Gasteiger partial charge on any atom is -0.296 e. The molecular formula is C11H6BrN3OS. The minimum absolute atomic E-state index is 0.530. The molecule has 3 aromatic heterocycles. The van der Waals surface area contributed by atoms with Gasteiger partial charge in [-0.25, -0.2) is 9.97 Å². The number of carbonyl (C=O) groups excluding carboxylic acids is 1. The number of aldehydes is 1. The Kier molecular flexibility index (Phi) is 2.53. The fourth-order valence-electron chi connectivity index (χ4n) is 1.64. The van der Waals surface area contributed by atoms with Gasteiger partial charge in [-0.05, 0) is 28.1 Å². The largest absolute Gasteiger partial charge is 0.296 e. The van der Waals surface area contributed by atoms with Gasteiger partial charge in [-0.2, -0.15) is 0 Å². The monoisotopic (exact) mass is 307 g/mol. The van der Waals surface area contributed by atoms with Crippen LogP contribution in [0.15, 0.2) is 34.4 Å². The Bertz CT molecular complexity index is 704. The SMILES string of the molecule is O=Cc1c(-c2cc(Br)cs2)nc2ncccn12. The van der Waals surface area contributed by atoms with E-state index in [1.807, 2.05) is 11.4 Å². The highest BCUT2D eigenvalue weighted by Gasteiger charge is 2.15. The Morgan fingerprint density at radius 1 is 1.47 bits per heavy atom. The molecule has 3 aromatic rings. The van der Waals surface area contributed by atoms with Crippen LogP contribution in [0.5, 0.6) is 0 Å². The molecule has 0 radical (unpaired) electrons. The zero-order chi connectivity index (χ0) is 11.8. The first-order valence-electron chi connectivity index (χ1n) is 4.82. The number of imidazole rings is 1. The van der Waals surface area contributed by atoms with Gasteiger partial charge < -0.3 is 0 Å². The molecule has 0 amide bonds. The Hall–Kier alpha value is -1.53. The predicted molar refractivity (Wildman–Crippen MR) is 69.4 cm³/mol. The lowest BCUT2D eigenvalue weighted by molar-refractivity contribution is 0.111. The van der Waals surface area contributed by atoms with Crippen LogP contribution in [-0.2, 0) is 0 Å². The van der Waals surface area contributed by atoms with Gasteiger partial charge in [0, 0.05) is 22.2 Å². The third-order valence-electron chi connectivity index (χ3n) is 2.35. The van der Waals surface area contributed by atoms with E-state index >= 15 is 0 Å². The molecule has 0 aliphatic rings. The van der Waals surface area contributed by atoms with Crippen molar-refractivity contribution < 1.29 is 4.79 Å². The first-order chi connectivity index (χ1) is 8.29. The summed E-state index contributed by atoms with van der Waals surface area (Å²) >= 11 is 4.93. The van der Waals surface area contributed by atoms with Gasteiger partial charge in [-0.1, -0.05) is 0 Å². The number of hydrogen-bond acceptors (Lipinski definition) is 4. The molecule has 84 valence electrons. The summed E-state index contributed by atoms with van der Waals surface area (Å²) in [4.78, 5) is 20.6. The van der Waals surface area contributed by atoms with Crippen molar-refractivity contribution in [1.82, 2.24) is 14.4 Å². The van der Waals surface area contributed by atoms with E-state index in [1.54, 1.807) is 22.9 Å². The molecule has 4 nitrogen and oxygen atoms in total. The van der Waals surface area contributed by atoms with Gasteiger partial charge in [0.25, 0.3) is 0 Å². The average Bonchev–Trinajstić information content (AvgIpc) is 2.91. The lowest BCUT2D eigenvalue weighted by atomic mass is 10.3. The fraction of sp³-hybridized carbons (Fsp3) is 0. The molecule has 3 heterocycles. The van der Waals surface area contributed by atoms with E-state index in [1.165, 1.54) is 11.3 Å². The summed E-state index contributed by atoms with van der Waals surface area (Å²) < 4.78 is 2.68. The molecule has 0 spiro atoms. The summed E-state index contributed by atoms with van der Waals surface area (Å²) in [5.74, 6) is 0.536. The third kappa shape index (κ3) is 1.69. The van der Waals surface area contributed by atoms with Crippen molar-refractivity contribution in [3.05, 3.63) is 40.1 Å². The van der Waals surface area contributed by atoms with Crippen molar-refractivity contribution >= 4 is 39.3 Å². The third-order valence-corrected chi connectivity index (χ3v) is 4.05. The van der Waals surface area contributed by atoms with E-state index in [0.29, 0.717) is 17.2 Å². The van der Waals surface area contributed by atoms with Crippen LogP contribution in [0.1, 0.15) is 10.5 Å². The molecule has 17 heavy (non-hydrogen) atoms. The van der Waals surface area contributed by atoms with Crippen molar-refractivity contribution in [2.24, 2.45) is 0 Å². The maximum Gasteiger partial charge on any atom is 0.234 e. The molecule has 0 fully saturated rings. The van der Waals surface area contributed by atoms with E-state index in [4.69, 9.17) is 0 Å². The molecule has 0 saturated heterocycles. The summed E-state index contributed by atoms with van der Waals surface area (Å²) in [6.45, 7) is 0. The number of hydrogen-bond donors (Lipinski definition) is 0. The number of carbonyl (C=O) groups is 1. The second kappa shape index (κ2) is 4.05. The fourth-order valence-corrected chi connectivity index (χ4v) is 3.06. The Labute approximate surface area is 109 Å². The molecule has 0 bridgehead atoms. The molecule has 0 atom stereocenters. The van der Waals surface area contributed by atoms with Crippen LogP contribution >= 0.6 is 27.3 Å². The number of nitrogens with zero attached hydrogens (tertiary/aromatic N) is 3. The second-order valence-electron chi connectivity index (χ2n) is 3.38.